The van der Waals surface area contributed by atoms with Crippen molar-refractivity contribution in [2.75, 3.05) is 7.11 Å². The SMILES string of the molecule is COC(=O)/C=C\C=C(\C=O)[C@@H](OC(C)=O)C(C)=O. The molecule has 0 N–H and O–H groups in total. The van der Waals surface area contributed by atoms with E-state index in [1.807, 2.05) is 0 Å². The molecule has 0 saturated heterocycles. The summed E-state index contributed by atoms with van der Waals surface area (Å²) in [6, 6.07) is 0. The Morgan fingerprint density at radius 1 is 1.17 bits per heavy atom. The van der Waals surface area contributed by atoms with Gasteiger partial charge in [0.25, 0.3) is 0 Å². The Kier molecular flexibility index (Phi) is 6.95. The number of aldehydes is 1. The number of hydrogen-bond donors (Lipinski definition) is 0. The van der Waals surface area contributed by atoms with Crippen LogP contribution in [0.25, 0.3) is 0 Å². The van der Waals surface area contributed by atoms with Crippen LogP contribution in [0.1, 0.15) is 13.8 Å². The van der Waals surface area contributed by atoms with Crippen LogP contribution in [0.3, 0.4) is 0 Å². The summed E-state index contributed by atoms with van der Waals surface area (Å²) in [4.78, 5) is 43.6. The van der Waals surface area contributed by atoms with Crippen molar-refractivity contribution in [2.45, 2.75) is 20.0 Å². The predicted octanol–water partition coefficient (Wildman–Crippen LogP) is 0.362. The van der Waals surface area contributed by atoms with Crippen molar-refractivity contribution in [1.29, 1.82) is 0 Å². The van der Waals surface area contributed by atoms with Gasteiger partial charge in [-0.25, -0.2) is 4.79 Å². The maximum atomic E-state index is 11.2. The zero-order valence-electron chi connectivity index (χ0n) is 10.3. The fourth-order valence-electron chi connectivity index (χ4n) is 1.05. The van der Waals surface area contributed by atoms with Gasteiger partial charge in [0.15, 0.2) is 11.9 Å². The van der Waals surface area contributed by atoms with E-state index in [1.54, 1.807) is 0 Å². The molecule has 6 nitrogen and oxygen atoms in total. The number of Topliss-reactive ketones (excluding diaryl/α,β-unsaturated/α-hetero) is 1. The highest BCUT2D eigenvalue weighted by Crippen LogP contribution is 2.07. The zero-order valence-corrected chi connectivity index (χ0v) is 10.3. The van der Waals surface area contributed by atoms with Gasteiger partial charge in [0.05, 0.1) is 7.11 Å². The van der Waals surface area contributed by atoms with Gasteiger partial charge in [0.2, 0.25) is 0 Å². The highest BCUT2D eigenvalue weighted by molar-refractivity contribution is 5.94. The summed E-state index contributed by atoms with van der Waals surface area (Å²) in [5.41, 5.74) is -0.0575. The molecular formula is C12H14O6. The maximum absolute atomic E-state index is 11.2. The van der Waals surface area contributed by atoms with Crippen LogP contribution in [0.15, 0.2) is 23.8 Å². The molecule has 98 valence electrons. The Bertz CT molecular complexity index is 405. The first-order chi connectivity index (χ1) is 8.42. The second-order valence-electron chi connectivity index (χ2n) is 3.27. The number of rotatable bonds is 6. The van der Waals surface area contributed by atoms with Crippen LogP contribution in [0.2, 0.25) is 0 Å². The van der Waals surface area contributed by atoms with Gasteiger partial charge in [-0.15, -0.1) is 0 Å². The molecule has 0 amide bonds. The van der Waals surface area contributed by atoms with Gasteiger partial charge in [0, 0.05) is 18.6 Å². The molecule has 0 fully saturated rings. The number of ether oxygens (including phenoxy) is 2. The van der Waals surface area contributed by atoms with Gasteiger partial charge in [-0.2, -0.15) is 0 Å². The third-order valence-electron chi connectivity index (χ3n) is 1.81. The molecule has 0 aromatic rings. The first-order valence-electron chi connectivity index (χ1n) is 5.01. The molecule has 0 aliphatic rings. The quantitative estimate of drug-likeness (QED) is 0.294. The Balaban J connectivity index is 5.00. The summed E-state index contributed by atoms with van der Waals surface area (Å²) < 4.78 is 9.05. The largest absolute Gasteiger partial charge is 0.466 e. The molecule has 0 radical (unpaired) electrons. The van der Waals surface area contributed by atoms with Crippen molar-refractivity contribution in [1.82, 2.24) is 0 Å². The Labute approximate surface area is 104 Å². The van der Waals surface area contributed by atoms with Crippen LogP contribution in [0.4, 0.5) is 0 Å². The van der Waals surface area contributed by atoms with Gasteiger partial charge in [0.1, 0.15) is 6.29 Å². The third kappa shape index (κ3) is 5.74. The molecule has 6 heteroatoms. The molecule has 0 rings (SSSR count). The van der Waals surface area contributed by atoms with E-state index < -0.39 is 23.8 Å². The van der Waals surface area contributed by atoms with Crippen LogP contribution in [-0.4, -0.2) is 37.2 Å². The maximum Gasteiger partial charge on any atom is 0.330 e. The summed E-state index contributed by atoms with van der Waals surface area (Å²) in [5.74, 6) is -1.78. The van der Waals surface area contributed by atoms with Crippen LogP contribution in [0, 0.1) is 0 Å². The molecular weight excluding hydrogens is 240 g/mol. The van der Waals surface area contributed by atoms with Crippen molar-refractivity contribution >= 4 is 24.0 Å². The van der Waals surface area contributed by atoms with E-state index in [1.165, 1.54) is 26.2 Å². The second-order valence-corrected chi connectivity index (χ2v) is 3.27. The minimum absolute atomic E-state index is 0.0575. The molecule has 0 aliphatic carbocycles. The molecule has 0 unspecified atom stereocenters. The number of ketones is 1. The normalized spacial score (nSPS) is 12.9. The van der Waals surface area contributed by atoms with E-state index in [4.69, 9.17) is 4.74 Å². The van der Waals surface area contributed by atoms with Gasteiger partial charge in [-0.3, -0.25) is 14.4 Å². The van der Waals surface area contributed by atoms with E-state index in [9.17, 15) is 19.2 Å². The average molecular weight is 254 g/mol. The smallest absolute Gasteiger partial charge is 0.330 e. The molecule has 0 spiro atoms. The lowest BCUT2D eigenvalue weighted by Crippen LogP contribution is -2.27. The first-order valence-corrected chi connectivity index (χ1v) is 5.01. The van der Waals surface area contributed by atoms with E-state index in [0.717, 1.165) is 13.0 Å². The van der Waals surface area contributed by atoms with E-state index in [2.05, 4.69) is 4.74 Å². The Morgan fingerprint density at radius 2 is 1.78 bits per heavy atom. The molecule has 18 heavy (non-hydrogen) atoms. The highest BCUT2D eigenvalue weighted by Gasteiger charge is 2.21. The van der Waals surface area contributed by atoms with Crippen molar-refractivity contribution < 1.29 is 28.7 Å². The minimum atomic E-state index is -1.26. The molecule has 0 bridgehead atoms. The van der Waals surface area contributed by atoms with Crippen molar-refractivity contribution in [3.8, 4) is 0 Å². The third-order valence-corrected chi connectivity index (χ3v) is 1.81. The lowest BCUT2D eigenvalue weighted by molar-refractivity contribution is -0.150. The standard InChI is InChI=1S/C12H14O6/c1-8(14)12(18-9(2)15)10(7-13)5-4-6-11(16)17-3/h4-7,12H,1-3H3/b6-4-,10-5-/t12-/m0/s1. The van der Waals surface area contributed by atoms with E-state index >= 15 is 0 Å². The summed E-state index contributed by atoms with van der Waals surface area (Å²) in [7, 11) is 1.20. The first kappa shape index (κ1) is 15.8. The highest BCUT2D eigenvalue weighted by atomic mass is 16.5. The topological polar surface area (TPSA) is 86.7 Å². The lowest BCUT2D eigenvalue weighted by Gasteiger charge is -2.12. The fourth-order valence-corrected chi connectivity index (χ4v) is 1.05. The van der Waals surface area contributed by atoms with Crippen molar-refractivity contribution in [2.24, 2.45) is 0 Å². The van der Waals surface area contributed by atoms with Crippen molar-refractivity contribution in [3.63, 3.8) is 0 Å². The molecule has 0 saturated carbocycles. The molecule has 1 atom stereocenters. The number of carbonyl (C=O) groups excluding carboxylic acids is 4. The molecule has 0 aromatic carbocycles. The monoisotopic (exact) mass is 254 g/mol. The van der Waals surface area contributed by atoms with E-state index in [0.29, 0.717) is 6.29 Å². The molecule has 0 aliphatic heterocycles. The lowest BCUT2D eigenvalue weighted by atomic mass is 10.1. The predicted molar refractivity (Wildman–Crippen MR) is 61.5 cm³/mol. The van der Waals surface area contributed by atoms with Gasteiger partial charge >= 0.3 is 11.9 Å². The van der Waals surface area contributed by atoms with Crippen LogP contribution in [-0.2, 0) is 28.7 Å². The second kappa shape index (κ2) is 7.94. The number of esters is 2. The summed E-state index contributed by atoms with van der Waals surface area (Å²) in [6.07, 6.45) is 2.63. The number of hydrogen-bond acceptors (Lipinski definition) is 6. The number of carbonyl (C=O) groups is 4. The molecule has 0 heterocycles. The summed E-state index contributed by atoms with van der Waals surface area (Å²) in [5, 5.41) is 0. The fraction of sp³-hybridized carbons (Fsp3) is 0.333. The van der Waals surface area contributed by atoms with Crippen molar-refractivity contribution in [3.05, 3.63) is 23.8 Å². The Hall–Kier alpha value is -2.24. The number of methoxy groups -OCH3 is 1. The summed E-state index contributed by atoms with van der Waals surface area (Å²) in [6.45, 7) is 2.32. The van der Waals surface area contributed by atoms with Crippen LogP contribution < -0.4 is 0 Å². The summed E-state index contributed by atoms with van der Waals surface area (Å²) >= 11 is 0. The average Bonchev–Trinajstić information content (AvgIpc) is 2.31. The van der Waals surface area contributed by atoms with Gasteiger partial charge in [-0.1, -0.05) is 12.2 Å². The van der Waals surface area contributed by atoms with Gasteiger partial charge < -0.3 is 9.47 Å². The zero-order chi connectivity index (χ0) is 14.1. The Morgan fingerprint density at radius 3 is 2.17 bits per heavy atom. The molecule has 0 aromatic heterocycles. The van der Waals surface area contributed by atoms with E-state index in [-0.39, 0.29) is 5.57 Å². The number of allylic oxidation sites excluding steroid dienone is 2. The van der Waals surface area contributed by atoms with Crippen LogP contribution >= 0.6 is 0 Å². The minimum Gasteiger partial charge on any atom is -0.466 e. The van der Waals surface area contributed by atoms with Crippen LogP contribution in [0.5, 0.6) is 0 Å². The van der Waals surface area contributed by atoms with Gasteiger partial charge in [-0.05, 0) is 6.92 Å².